The van der Waals surface area contributed by atoms with Crippen molar-refractivity contribution in [2.75, 3.05) is 7.11 Å². The third-order valence-electron chi connectivity index (χ3n) is 4.86. The fourth-order valence-corrected chi connectivity index (χ4v) is 2.96. The van der Waals surface area contributed by atoms with Gasteiger partial charge in [0, 0.05) is 6.42 Å². The number of benzene rings is 2. The number of amides is 1. The molecule has 0 aliphatic rings. The number of carboxylic acid groups (broad SMARTS) is 1. The highest BCUT2D eigenvalue weighted by molar-refractivity contribution is 5.85. The van der Waals surface area contributed by atoms with Crippen molar-refractivity contribution in [3.05, 3.63) is 65.7 Å². The normalized spacial score (nSPS) is 13.5. The minimum atomic E-state index is -1.94. The molecule has 2 aromatic carbocycles. The number of carboxylic acids is 1. The van der Waals surface area contributed by atoms with Crippen LogP contribution in [0.4, 0.5) is 4.79 Å². The van der Waals surface area contributed by atoms with Gasteiger partial charge in [0.05, 0.1) is 13.1 Å². The van der Waals surface area contributed by atoms with Gasteiger partial charge in [0.1, 0.15) is 18.4 Å². The minimum Gasteiger partial charge on any atom is -0.546 e. The van der Waals surface area contributed by atoms with Gasteiger partial charge >= 0.3 is 12.1 Å². The molecule has 8 nitrogen and oxygen atoms in total. The van der Waals surface area contributed by atoms with Gasteiger partial charge < -0.3 is 29.4 Å². The number of carbonyl (C=O) groups is 3. The SMILES string of the molecule is COc1ccc(CC(C)(OC(=O)[C@@H](NC(=O)OCc2ccccc2)C(C)C)C(=O)[O-])cc1. The van der Waals surface area contributed by atoms with Crippen LogP contribution in [0.2, 0.25) is 0 Å². The van der Waals surface area contributed by atoms with E-state index in [4.69, 9.17) is 14.2 Å². The lowest BCUT2D eigenvalue weighted by atomic mass is 9.95. The maximum absolute atomic E-state index is 12.8. The van der Waals surface area contributed by atoms with Crippen molar-refractivity contribution in [1.29, 1.82) is 0 Å². The summed E-state index contributed by atoms with van der Waals surface area (Å²) in [6.45, 7) is 4.68. The van der Waals surface area contributed by atoms with Crippen LogP contribution in [0.1, 0.15) is 31.9 Å². The molecule has 172 valence electrons. The molecular weight excluding hydrogens is 414 g/mol. The van der Waals surface area contributed by atoms with Gasteiger partial charge in [-0.15, -0.1) is 0 Å². The fourth-order valence-electron chi connectivity index (χ4n) is 2.96. The second kappa shape index (κ2) is 11.2. The zero-order valence-corrected chi connectivity index (χ0v) is 18.6. The molecule has 2 aromatic rings. The van der Waals surface area contributed by atoms with Gasteiger partial charge in [0.25, 0.3) is 0 Å². The van der Waals surface area contributed by atoms with Crippen LogP contribution < -0.4 is 15.2 Å². The number of alkyl carbamates (subject to hydrolysis) is 1. The third kappa shape index (κ3) is 7.01. The van der Waals surface area contributed by atoms with Crippen LogP contribution in [0.15, 0.2) is 54.6 Å². The van der Waals surface area contributed by atoms with E-state index in [0.29, 0.717) is 11.3 Å². The summed E-state index contributed by atoms with van der Waals surface area (Å²) in [5, 5.41) is 14.3. The average Bonchev–Trinajstić information content (AvgIpc) is 2.76. The first-order chi connectivity index (χ1) is 15.1. The molecule has 0 spiro atoms. The molecule has 1 N–H and O–H groups in total. The van der Waals surface area contributed by atoms with E-state index in [1.165, 1.54) is 14.0 Å². The third-order valence-corrected chi connectivity index (χ3v) is 4.86. The van der Waals surface area contributed by atoms with Crippen molar-refractivity contribution in [3.8, 4) is 5.75 Å². The van der Waals surface area contributed by atoms with E-state index in [-0.39, 0.29) is 18.9 Å². The highest BCUT2D eigenvalue weighted by Crippen LogP contribution is 2.21. The van der Waals surface area contributed by atoms with Crippen LogP contribution >= 0.6 is 0 Å². The summed E-state index contributed by atoms with van der Waals surface area (Å²) in [7, 11) is 1.52. The lowest BCUT2D eigenvalue weighted by molar-refractivity contribution is -0.324. The predicted molar refractivity (Wildman–Crippen MR) is 115 cm³/mol. The molecule has 2 rings (SSSR count). The Labute approximate surface area is 187 Å². The Bertz CT molecular complexity index is 912. The van der Waals surface area contributed by atoms with Gasteiger partial charge in [0.2, 0.25) is 0 Å². The fraction of sp³-hybridized carbons (Fsp3) is 0.375. The topological polar surface area (TPSA) is 114 Å². The van der Waals surface area contributed by atoms with Gasteiger partial charge in [-0.3, -0.25) is 0 Å². The molecule has 0 fully saturated rings. The van der Waals surface area contributed by atoms with Crippen LogP contribution in [0.25, 0.3) is 0 Å². The number of nitrogens with one attached hydrogen (secondary N) is 1. The van der Waals surface area contributed by atoms with Gasteiger partial charge in [-0.2, -0.15) is 0 Å². The summed E-state index contributed by atoms with van der Waals surface area (Å²) >= 11 is 0. The highest BCUT2D eigenvalue weighted by Gasteiger charge is 2.36. The first-order valence-corrected chi connectivity index (χ1v) is 10.2. The lowest BCUT2D eigenvalue weighted by Crippen LogP contribution is -2.54. The van der Waals surface area contributed by atoms with Crippen molar-refractivity contribution in [2.24, 2.45) is 5.92 Å². The number of hydrogen-bond acceptors (Lipinski definition) is 7. The van der Waals surface area contributed by atoms with Gasteiger partial charge in [-0.25, -0.2) is 9.59 Å². The number of hydrogen-bond donors (Lipinski definition) is 1. The summed E-state index contributed by atoms with van der Waals surface area (Å²) in [5.41, 5.74) is -0.536. The van der Waals surface area contributed by atoms with E-state index < -0.39 is 29.7 Å². The van der Waals surface area contributed by atoms with E-state index in [0.717, 1.165) is 5.56 Å². The van der Waals surface area contributed by atoms with Crippen molar-refractivity contribution in [2.45, 2.75) is 45.4 Å². The molecule has 0 aliphatic heterocycles. The molecule has 0 aliphatic carbocycles. The molecule has 0 saturated carbocycles. The Kier molecular flexibility index (Phi) is 8.63. The standard InChI is InChI=1S/C24H29NO7/c1-16(2)20(25-23(29)31-15-18-8-6-5-7-9-18)21(26)32-24(3,22(27)28)14-17-10-12-19(30-4)13-11-17/h5-13,16,20H,14-15H2,1-4H3,(H,25,29)(H,27,28)/p-1/t20-,24?/m0/s1. The van der Waals surface area contributed by atoms with Crippen molar-refractivity contribution in [3.63, 3.8) is 0 Å². The number of rotatable bonds is 10. The monoisotopic (exact) mass is 442 g/mol. The van der Waals surface area contributed by atoms with Crippen LogP contribution in [-0.2, 0) is 32.1 Å². The van der Waals surface area contributed by atoms with Gasteiger partial charge in [-0.05, 0) is 36.1 Å². The van der Waals surface area contributed by atoms with Gasteiger partial charge in [0.15, 0.2) is 5.60 Å². The molecule has 8 heteroatoms. The molecule has 0 aromatic heterocycles. The maximum atomic E-state index is 12.8. The van der Waals surface area contributed by atoms with Crippen LogP contribution in [0.3, 0.4) is 0 Å². The summed E-state index contributed by atoms with van der Waals surface area (Å²) in [6.07, 6.45) is -0.927. The van der Waals surface area contributed by atoms with Crippen LogP contribution in [-0.4, -0.2) is 36.8 Å². The Morgan fingerprint density at radius 1 is 1.00 bits per heavy atom. The predicted octanol–water partition coefficient (Wildman–Crippen LogP) is 2.24. The molecular formula is C24H28NO7-. The molecule has 0 bridgehead atoms. The number of ether oxygens (including phenoxy) is 3. The van der Waals surface area contributed by atoms with E-state index >= 15 is 0 Å². The minimum absolute atomic E-state index is 0.0285. The van der Waals surface area contributed by atoms with E-state index in [1.807, 2.05) is 18.2 Å². The first-order valence-electron chi connectivity index (χ1n) is 10.2. The second-order valence-electron chi connectivity index (χ2n) is 7.89. The number of aliphatic carboxylic acids is 1. The van der Waals surface area contributed by atoms with Crippen molar-refractivity contribution < 1.29 is 33.7 Å². The van der Waals surface area contributed by atoms with Crippen LogP contribution in [0, 0.1) is 5.92 Å². The molecule has 1 amide bonds. The van der Waals surface area contributed by atoms with Crippen LogP contribution in [0.5, 0.6) is 5.75 Å². The quantitative estimate of drug-likeness (QED) is 0.561. The molecule has 32 heavy (non-hydrogen) atoms. The summed E-state index contributed by atoms with van der Waals surface area (Å²) in [6, 6.07) is 14.7. The average molecular weight is 442 g/mol. The van der Waals surface area contributed by atoms with E-state index in [1.54, 1.807) is 50.2 Å². The largest absolute Gasteiger partial charge is 0.546 e. The molecule has 0 radical (unpaired) electrons. The van der Waals surface area contributed by atoms with E-state index in [9.17, 15) is 19.5 Å². The first kappa shape index (κ1) is 24.7. The highest BCUT2D eigenvalue weighted by atomic mass is 16.6. The summed E-state index contributed by atoms with van der Waals surface area (Å²) < 4.78 is 15.6. The zero-order chi connectivity index (χ0) is 23.7. The second-order valence-corrected chi connectivity index (χ2v) is 7.89. The number of esters is 1. The Morgan fingerprint density at radius 2 is 1.62 bits per heavy atom. The van der Waals surface area contributed by atoms with Crippen molar-refractivity contribution in [1.82, 2.24) is 5.32 Å². The van der Waals surface area contributed by atoms with E-state index in [2.05, 4.69) is 5.32 Å². The van der Waals surface area contributed by atoms with Crippen molar-refractivity contribution >= 4 is 18.0 Å². The zero-order valence-electron chi connectivity index (χ0n) is 18.6. The lowest BCUT2D eigenvalue weighted by Gasteiger charge is -2.33. The Hall–Kier alpha value is -3.55. The number of methoxy groups -OCH3 is 1. The Balaban J connectivity index is 2.05. The molecule has 1 unspecified atom stereocenters. The molecule has 2 atom stereocenters. The smallest absolute Gasteiger partial charge is 0.408 e. The number of carbonyl (C=O) groups excluding carboxylic acids is 3. The summed E-state index contributed by atoms with van der Waals surface area (Å²) in [4.78, 5) is 36.8. The molecule has 0 saturated heterocycles. The molecule has 0 heterocycles. The van der Waals surface area contributed by atoms with Gasteiger partial charge in [-0.1, -0.05) is 56.3 Å². The summed E-state index contributed by atoms with van der Waals surface area (Å²) in [5.74, 6) is -2.20. The maximum Gasteiger partial charge on any atom is 0.408 e. The Morgan fingerprint density at radius 3 is 2.16 bits per heavy atom.